The minimum Gasteiger partial charge on any atom is -0.248 e. The highest BCUT2D eigenvalue weighted by Gasteiger charge is 2.38. The number of hydrogen-bond acceptors (Lipinski definition) is 1. The summed E-state index contributed by atoms with van der Waals surface area (Å²) in [5.74, 6) is 0. The van der Waals surface area contributed by atoms with Crippen molar-refractivity contribution in [3.05, 3.63) is 51.5 Å². The van der Waals surface area contributed by atoms with Gasteiger partial charge in [0.25, 0.3) is 0 Å². The summed E-state index contributed by atoms with van der Waals surface area (Å²) in [5, 5.41) is 0.841. The lowest BCUT2D eigenvalue weighted by atomic mass is 9.99. The Morgan fingerprint density at radius 3 is 2.32 bits per heavy atom. The van der Waals surface area contributed by atoms with Crippen molar-refractivity contribution >= 4 is 34.6 Å². The van der Waals surface area contributed by atoms with Crippen LogP contribution in [-0.4, -0.2) is 11.9 Å². The molecule has 1 heterocycles. The predicted molar refractivity (Wildman–Crippen MR) is 83.5 cm³/mol. The molecule has 0 unspecified atom stereocenters. The van der Waals surface area contributed by atoms with Crippen LogP contribution < -0.4 is 0 Å². The Balaban J connectivity index is 2.07. The van der Waals surface area contributed by atoms with Gasteiger partial charge in [-0.3, -0.25) is 0 Å². The Morgan fingerprint density at radius 2 is 1.68 bits per heavy atom. The second kappa shape index (κ2) is 5.28. The molecule has 3 rings (SSSR count). The summed E-state index contributed by atoms with van der Waals surface area (Å²) >= 11 is 12.4. The molecule has 0 atom stereocenters. The third kappa shape index (κ3) is 2.73. The van der Waals surface area contributed by atoms with Crippen LogP contribution in [-0.2, 0) is 6.42 Å². The third-order valence-electron chi connectivity index (χ3n) is 3.52. The molecule has 0 N–H and O–H groups in total. The quantitative estimate of drug-likeness (QED) is 0.587. The molecule has 0 bridgehead atoms. The number of rotatable bonds is 1. The maximum Gasteiger partial charge on any atom is 0.429 e. The first-order valence-corrected chi connectivity index (χ1v) is 7.25. The highest BCUT2D eigenvalue weighted by atomic mass is 35.5. The molecule has 0 fully saturated rings. The summed E-state index contributed by atoms with van der Waals surface area (Å²) in [6.45, 7) is 1.91. The van der Waals surface area contributed by atoms with E-state index < -0.39 is 11.9 Å². The molecule has 0 amide bonds. The third-order valence-corrected chi connectivity index (χ3v) is 4.15. The molecule has 2 aromatic carbocycles. The molecule has 0 radical (unpaired) electrons. The standard InChI is InChI=1S/C16H10Cl2F3N/c1-8-2-3-10(12(17)4-8)11-5-9-6-15(16(19,20)21)22-14(9)7-13(11)18/h2-5,7H,6H2,1H3. The summed E-state index contributed by atoms with van der Waals surface area (Å²) in [5.41, 5.74) is 2.27. The Kier molecular flexibility index (Phi) is 3.69. The average molecular weight is 344 g/mol. The SMILES string of the molecule is Cc1ccc(-c2cc3c(cc2Cl)N=C(C(F)(F)F)C3)c(Cl)c1. The van der Waals surface area contributed by atoms with E-state index in [1.807, 2.05) is 19.1 Å². The van der Waals surface area contributed by atoms with Crippen LogP contribution in [0.2, 0.25) is 10.0 Å². The van der Waals surface area contributed by atoms with Gasteiger partial charge < -0.3 is 0 Å². The summed E-state index contributed by atoms with van der Waals surface area (Å²) in [7, 11) is 0. The predicted octanol–water partition coefficient (Wildman–Crippen LogP) is 6.16. The number of alkyl halides is 3. The maximum atomic E-state index is 12.8. The lowest BCUT2D eigenvalue weighted by Gasteiger charge is -2.10. The minimum atomic E-state index is -4.42. The van der Waals surface area contributed by atoms with E-state index in [0.717, 1.165) is 5.56 Å². The Labute approximate surface area is 135 Å². The van der Waals surface area contributed by atoms with Crippen LogP contribution in [0.4, 0.5) is 18.9 Å². The molecule has 114 valence electrons. The molecule has 1 aliphatic heterocycles. The van der Waals surface area contributed by atoms with Gasteiger partial charge in [0.2, 0.25) is 0 Å². The smallest absolute Gasteiger partial charge is 0.248 e. The molecule has 1 aliphatic rings. The van der Waals surface area contributed by atoms with E-state index in [-0.39, 0.29) is 12.1 Å². The molecule has 22 heavy (non-hydrogen) atoms. The first-order valence-electron chi connectivity index (χ1n) is 6.49. The number of nitrogens with zero attached hydrogens (tertiary/aromatic N) is 1. The minimum absolute atomic E-state index is 0.244. The number of benzene rings is 2. The highest BCUT2D eigenvalue weighted by Crippen LogP contribution is 2.41. The molecule has 1 nitrogen and oxygen atoms in total. The second-order valence-corrected chi connectivity index (χ2v) is 5.99. The van der Waals surface area contributed by atoms with Crippen molar-refractivity contribution in [1.29, 1.82) is 0 Å². The molecular formula is C16H10Cl2F3N. The van der Waals surface area contributed by atoms with Crippen LogP contribution in [0.15, 0.2) is 35.3 Å². The molecular weight excluding hydrogens is 334 g/mol. The highest BCUT2D eigenvalue weighted by molar-refractivity contribution is 6.36. The van der Waals surface area contributed by atoms with Crippen LogP contribution in [0, 0.1) is 6.92 Å². The van der Waals surface area contributed by atoms with Crippen molar-refractivity contribution in [1.82, 2.24) is 0 Å². The Hall–Kier alpha value is -1.52. The zero-order valence-corrected chi connectivity index (χ0v) is 12.9. The first kappa shape index (κ1) is 15.4. The maximum absolute atomic E-state index is 12.8. The fourth-order valence-electron chi connectivity index (χ4n) is 2.43. The molecule has 0 aromatic heterocycles. The monoisotopic (exact) mass is 343 g/mol. The van der Waals surface area contributed by atoms with Gasteiger partial charge in [-0.2, -0.15) is 13.2 Å². The van der Waals surface area contributed by atoms with E-state index in [1.54, 1.807) is 12.1 Å². The molecule has 0 saturated heterocycles. The van der Waals surface area contributed by atoms with Crippen LogP contribution in [0.1, 0.15) is 11.1 Å². The Bertz CT molecular complexity index is 795. The average Bonchev–Trinajstić information content (AvgIpc) is 2.81. The van der Waals surface area contributed by atoms with E-state index in [9.17, 15) is 13.2 Å². The van der Waals surface area contributed by atoms with Gasteiger partial charge in [0.15, 0.2) is 0 Å². The van der Waals surface area contributed by atoms with Crippen LogP contribution in [0.25, 0.3) is 11.1 Å². The fourth-order valence-corrected chi connectivity index (χ4v) is 3.02. The zero-order valence-electron chi connectivity index (χ0n) is 11.4. The summed E-state index contributed by atoms with van der Waals surface area (Å²) in [4.78, 5) is 3.63. The van der Waals surface area contributed by atoms with Crippen LogP contribution >= 0.6 is 23.2 Å². The van der Waals surface area contributed by atoms with E-state index in [2.05, 4.69) is 4.99 Å². The van der Waals surface area contributed by atoms with E-state index in [0.29, 0.717) is 26.7 Å². The van der Waals surface area contributed by atoms with Gasteiger partial charge in [-0.05, 0) is 36.2 Å². The van der Waals surface area contributed by atoms with Gasteiger partial charge in [0.05, 0.1) is 10.7 Å². The lowest BCUT2D eigenvalue weighted by Crippen LogP contribution is -2.22. The largest absolute Gasteiger partial charge is 0.429 e. The normalized spacial score (nSPS) is 14.0. The summed E-state index contributed by atoms with van der Waals surface area (Å²) < 4.78 is 38.3. The van der Waals surface area contributed by atoms with Crippen molar-refractivity contribution < 1.29 is 13.2 Å². The van der Waals surface area contributed by atoms with E-state index >= 15 is 0 Å². The van der Waals surface area contributed by atoms with E-state index in [4.69, 9.17) is 23.2 Å². The molecule has 2 aromatic rings. The van der Waals surface area contributed by atoms with Gasteiger partial charge in [-0.15, -0.1) is 0 Å². The number of hydrogen-bond donors (Lipinski definition) is 0. The van der Waals surface area contributed by atoms with Crippen molar-refractivity contribution in [2.75, 3.05) is 0 Å². The molecule has 6 heteroatoms. The van der Waals surface area contributed by atoms with Gasteiger partial charge in [0.1, 0.15) is 5.71 Å². The molecule has 0 saturated carbocycles. The van der Waals surface area contributed by atoms with Gasteiger partial charge in [-0.25, -0.2) is 4.99 Å². The second-order valence-electron chi connectivity index (χ2n) is 5.18. The van der Waals surface area contributed by atoms with Gasteiger partial charge in [-0.1, -0.05) is 35.3 Å². The number of aryl methyl sites for hydroxylation is 1. The zero-order chi connectivity index (χ0) is 16.1. The lowest BCUT2D eigenvalue weighted by molar-refractivity contribution is -0.0597. The summed E-state index contributed by atoms with van der Waals surface area (Å²) in [6.07, 6.45) is -4.67. The number of aliphatic imine (C=N–C) groups is 1. The Morgan fingerprint density at radius 1 is 1.00 bits per heavy atom. The topological polar surface area (TPSA) is 12.4 Å². The van der Waals surface area contributed by atoms with Crippen molar-refractivity contribution in [2.24, 2.45) is 4.99 Å². The van der Waals surface area contributed by atoms with Crippen LogP contribution in [0.5, 0.6) is 0 Å². The van der Waals surface area contributed by atoms with E-state index in [1.165, 1.54) is 6.07 Å². The van der Waals surface area contributed by atoms with Gasteiger partial charge >= 0.3 is 6.18 Å². The van der Waals surface area contributed by atoms with Crippen molar-refractivity contribution in [3.63, 3.8) is 0 Å². The van der Waals surface area contributed by atoms with Gasteiger partial charge in [0, 0.05) is 22.6 Å². The van der Waals surface area contributed by atoms with Crippen molar-refractivity contribution in [2.45, 2.75) is 19.5 Å². The number of fused-ring (bicyclic) bond motifs is 1. The first-order chi connectivity index (χ1) is 10.3. The number of halogens is 5. The van der Waals surface area contributed by atoms with Crippen LogP contribution in [0.3, 0.4) is 0 Å². The van der Waals surface area contributed by atoms with Crippen molar-refractivity contribution in [3.8, 4) is 11.1 Å². The molecule has 0 aliphatic carbocycles. The summed E-state index contributed by atoms with van der Waals surface area (Å²) in [6, 6.07) is 8.57. The molecule has 0 spiro atoms. The fraction of sp³-hybridized carbons (Fsp3) is 0.188.